The molecule has 1 aromatic rings. The van der Waals surface area contributed by atoms with Gasteiger partial charge in [0.05, 0.1) is 0 Å². The Labute approximate surface area is 208 Å². The first kappa shape index (κ1) is 28.1. The van der Waals surface area contributed by atoms with Gasteiger partial charge in [-0.25, -0.2) is 4.79 Å². The van der Waals surface area contributed by atoms with Crippen molar-refractivity contribution in [2.75, 3.05) is 17.2 Å². The Kier molecular flexibility index (Phi) is 11.5. The van der Waals surface area contributed by atoms with Crippen LogP contribution in [0.3, 0.4) is 0 Å². The normalized spacial score (nSPS) is 15.8. The van der Waals surface area contributed by atoms with Crippen LogP contribution in [0.2, 0.25) is 0 Å². The maximum atomic E-state index is 12.3. The van der Waals surface area contributed by atoms with Crippen LogP contribution in [0.1, 0.15) is 85.0 Å². The van der Waals surface area contributed by atoms with Crippen LogP contribution in [0.25, 0.3) is 0 Å². The molecule has 0 bridgehead atoms. The predicted molar refractivity (Wildman–Crippen MR) is 136 cm³/mol. The molecule has 4 amide bonds. The smallest absolute Gasteiger partial charge is 0.407 e. The van der Waals surface area contributed by atoms with E-state index in [-0.39, 0.29) is 23.8 Å². The van der Waals surface area contributed by atoms with Crippen molar-refractivity contribution in [2.24, 2.45) is 0 Å². The zero-order valence-electron chi connectivity index (χ0n) is 21.2. The summed E-state index contributed by atoms with van der Waals surface area (Å²) in [6.07, 6.45) is 7.97. The summed E-state index contributed by atoms with van der Waals surface area (Å²) in [5.41, 5.74) is 0.922. The molecule has 35 heavy (non-hydrogen) atoms. The van der Waals surface area contributed by atoms with Crippen LogP contribution in [0.4, 0.5) is 16.2 Å². The molecule has 1 fully saturated rings. The standard InChI is InChI=1S/C26H40N4O5/c1-26(2,3)35-25(34)27-17-10-8-6-4-5-7-9-14-22(31)29-20-13-11-12-19(18-20)28-21-15-16-23(32)30-24(21)33/h11-13,18,21,28H,4-10,14-17H2,1-3H3,(H,27,34)(H,29,31)(H,30,32,33). The number of benzene rings is 1. The lowest BCUT2D eigenvalue weighted by Gasteiger charge is -2.23. The van der Waals surface area contributed by atoms with E-state index in [1.54, 1.807) is 6.07 Å². The summed E-state index contributed by atoms with van der Waals surface area (Å²) >= 11 is 0. The van der Waals surface area contributed by atoms with Crippen molar-refractivity contribution in [3.63, 3.8) is 0 Å². The minimum absolute atomic E-state index is 0.0311. The van der Waals surface area contributed by atoms with E-state index in [0.717, 1.165) is 50.6 Å². The highest BCUT2D eigenvalue weighted by Gasteiger charge is 2.26. The third-order valence-electron chi connectivity index (χ3n) is 5.48. The van der Waals surface area contributed by atoms with E-state index < -0.39 is 11.6 Å². The van der Waals surface area contributed by atoms with Crippen molar-refractivity contribution in [1.29, 1.82) is 0 Å². The Morgan fingerprint density at radius 3 is 2.34 bits per heavy atom. The third kappa shape index (κ3) is 12.2. The molecular weight excluding hydrogens is 448 g/mol. The molecule has 1 atom stereocenters. The van der Waals surface area contributed by atoms with Crippen LogP contribution in [-0.4, -0.2) is 42.0 Å². The van der Waals surface area contributed by atoms with Gasteiger partial charge in [0, 0.05) is 30.8 Å². The van der Waals surface area contributed by atoms with E-state index in [1.165, 1.54) is 0 Å². The second kappa shape index (κ2) is 14.3. The summed E-state index contributed by atoms with van der Waals surface area (Å²) in [5, 5.41) is 11.1. The van der Waals surface area contributed by atoms with E-state index in [4.69, 9.17) is 4.74 Å². The molecule has 1 aliphatic rings. The van der Waals surface area contributed by atoms with E-state index in [1.807, 2.05) is 39.0 Å². The van der Waals surface area contributed by atoms with Gasteiger partial charge in [0.25, 0.3) is 0 Å². The van der Waals surface area contributed by atoms with Crippen molar-refractivity contribution in [1.82, 2.24) is 10.6 Å². The van der Waals surface area contributed by atoms with Crippen molar-refractivity contribution >= 4 is 35.2 Å². The summed E-state index contributed by atoms with van der Waals surface area (Å²) in [6.45, 7) is 6.16. The minimum atomic E-state index is -0.472. The van der Waals surface area contributed by atoms with Gasteiger partial charge in [-0.05, 0) is 58.2 Å². The van der Waals surface area contributed by atoms with Gasteiger partial charge >= 0.3 is 6.09 Å². The van der Waals surface area contributed by atoms with Crippen molar-refractivity contribution in [3.8, 4) is 0 Å². The van der Waals surface area contributed by atoms with E-state index in [2.05, 4.69) is 21.3 Å². The topological polar surface area (TPSA) is 126 Å². The number of piperidine rings is 1. The molecule has 0 aromatic heterocycles. The fourth-order valence-electron chi connectivity index (χ4n) is 3.74. The number of anilines is 2. The van der Waals surface area contributed by atoms with Gasteiger partial charge < -0.3 is 20.7 Å². The van der Waals surface area contributed by atoms with Crippen LogP contribution in [0.15, 0.2) is 24.3 Å². The van der Waals surface area contributed by atoms with Gasteiger partial charge in [0.2, 0.25) is 17.7 Å². The fourth-order valence-corrected chi connectivity index (χ4v) is 3.74. The quantitative estimate of drug-likeness (QED) is 0.239. The fraction of sp³-hybridized carbons (Fsp3) is 0.615. The van der Waals surface area contributed by atoms with Gasteiger partial charge in [-0.1, -0.05) is 38.2 Å². The molecular formula is C26H40N4O5. The summed E-state index contributed by atoms with van der Waals surface area (Å²) in [7, 11) is 0. The number of hydrogen-bond donors (Lipinski definition) is 4. The summed E-state index contributed by atoms with van der Waals surface area (Å²) in [6, 6.07) is 6.78. The van der Waals surface area contributed by atoms with E-state index >= 15 is 0 Å². The molecule has 0 aliphatic carbocycles. The zero-order valence-corrected chi connectivity index (χ0v) is 21.2. The number of carbonyl (C=O) groups is 4. The first-order valence-corrected chi connectivity index (χ1v) is 12.6. The van der Waals surface area contributed by atoms with Crippen LogP contribution in [0, 0.1) is 0 Å². The number of carbonyl (C=O) groups excluding carboxylic acids is 4. The molecule has 1 saturated heterocycles. The highest BCUT2D eigenvalue weighted by atomic mass is 16.6. The summed E-state index contributed by atoms with van der Waals surface area (Å²) < 4.78 is 5.20. The molecule has 0 saturated carbocycles. The van der Waals surface area contributed by atoms with Crippen molar-refractivity contribution in [2.45, 2.75) is 96.6 Å². The van der Waals surface area contributed by atoms with Gasteiger partial charge in [-0.2, -0.15) is 0 Å². The largest absolute Gasteiger partial charge is 0.444 e. The highest BCUT2D eigenvalue weighted by molar-refractivity contribution is 6.01. The second-order valence-corrected chi connectivity index (χ2v) is 9.93. The Balaban J connectivity index is 1.52. The molecule has 194 valence electrons. The van der Waals surface area contributed by atoms with Crippen molar-refractivity contribution < 1.29 is 23.9 Å². The van der Waals surface area contributed by atoms with E-state index in [0.29, 0.717) is 31.5 Å². The minimum Gasteiger partial charge on any atom is -0.444 e. The molecule has 0 spiro atoms. The predicted octanol–water partition coefficient (Wildman–Crippen LogP) is 4.49. The highest BCUT2D eigenvalue weighted by Crippen LogP contribution is 2.19. The molecule has 1 unspecified atom stereocenters. The number of alkyl carbamates (subject to hydrolysis) is 1. The lowest BCUT2D eigenvalue weighted by atomic mass is 10.1. The van der Waals surface area contributed by atoms with Gasteiger partial charge in [0.15, 0.2) is 0 Å². The number of amides is 4. The summed E-state index contributed by atoms with van der Waals surface area (Å²) in [4.78, 5) is 47.0. The Morgan fingerprint density at radius 1 is 1.00 bits per heavy atom. The average Bonchev–Trinajstić information content (AvgIpc) is 2.76. The second-order valence-electron chi connectivity index (χ2n) is 9.93. The number of rotatable bonds is 13. The SMILES string of the molecule is CC(C)(C)OC(=O)NCCCCCCCCCC(=O)Nc1cccc(NC2CCC(=O)NC2=O)c1. The number of hydrogen-bond acceptors (Lipinski definition) is 6. The number of imide groups is 1. The van der Waals surface area contributed by atoms with Crippen LogP contribution in [0.5, 0.6) is 0 Å². The van der Waals surface area contributed by atoms with Gasteiger partial charge in [0.1, 0.15) is 11.6 Å². The Morgan fingerprint density at radius 2 is 1.66 bits per heavy atom. The molecule has 4 N–H and O–H groups in total. The molecule has 9 nitrogen and oxygen atoms in total. The molecule has 0 radical (unpaired) electrons. The van der Waals surface area contributed by atoms with Gasteiger partial charge in [-0.15, -0.1) is 0 Å². The van der Waals surface area contributed by atoms with Crippen molar-refractivity contribution in [3.05, 3.63) is 24.3 Å². The lowest BCUT2D eigenvalue weighted by molar-refractivity contribution is -0.133. The molecule has 2 rings (SSSR count). The first-order valence-electron chi connectivity index (χ1n) is 12.6. The van der Waals surface area contributed by atoms with Gasteiger partial charge in [-0.3, -0.25) is 19.7 Å². The number of unbranched alkanes of at least 4 members (excludes halogenated alkanes) is 6. The molecule has 9 heteroatoms. The maximum Gasteiger partial charge on any atom is 0.407 e. The first-order chi connectivity index (χ1) is 16.6. The average molecular weight is 489 g/mol. The Hall–Kier alpha value is -3.10. The summed E-state index contributed by atoms with van der Waals surface area (Å²) in [5.74, 6) is -0.605. The number of ether oxygens (including phenoxy) is 1. The van der Waals surface area contributed by atoms with E-state index in [9.17, 15) is 19.2 Å². The third-order valence-corrected chi connectivity index (χ3v) is 5.48. The maximum absolute atomic E-state index is 12.3. The monoisotopic (exact) mass is 488 g/mol. The molecule has 1 aromatic carbocycles. The molecule has 1 heterocycles. The Bertz CT molecular complexity index is 866. The zero-order chi connectivity index (χ0) is 25.7. The molecule has 1 aliphatic heterocycles. The lowest BCUT2D eigenvalue weighted by Crippen LogP contribution is -2.47. The van der Waals surface area contributed by atoms with Crippen LogP contribution < -0.4 is 21.3 Å². The van der Waals surface area contributed by atoms with Crippen LogP contribution in [-0.2, 0) is 19.1 Å². The number of nitrogens with one attached hydrogen (secondary N) is 4. The van der Waals surface area contributed by atoms with Crippen LogP contribution >= 0.6 is 0 Å².